The van der Waals surface area contributed by atoms with E-state index in [9.17, 15) is 27.9 Å². The van der Waals surface area contributed by atoms with Crippen LogP contribution in [0.15, 0.2) is 48.5 Å². The first-order valence-corrected chi connectivity index (χ1v) is 8.65. The number of halogens is 3. The number of carbonyl (C=O) groups is 2. The van der Waals surface area contributed by atoms with Gasteiger partial charge in [0.2, 0.25) is 0 Å². The highest BCUT2D eigenvalue weighted by Crippen LogP contribution is 2.31. The maximum atomic E-state index is 12.2. The maximum Gasteiger partial charge on any atom is 0.573 e. The van der Waals surface area contributed by atoms with Crippen LogP contribution in [0.4, 0.5) is 13.2 Å². The molecule has 0 aromatic heterocycles. The largest absolute Gasteiger partial charge is 0.573 e. The van der Waals surface area contributed by atoms with Crippen molar-refractivity contribution in [2.24, 2.45) is 0 Å². The zero-order valence-electron chi connectivity index (χ0n) is 16.3. The summed E-state index contributed by atoms with van der Waals surface area (Å²) in [5.74, 6) is -2.36. The van der Waals surface area contributed by atoms with Crippen LogP contribution in [0.3, 0.4) is 0 Å². The lowest BCUT2D eigenvalue weighted by Crippen LogP contribution is -2.22. The second kappa shape index (κ2) is 8.89. The summed E-state index contributed by atoms with van der Waals surface area (Å²) in [7, 11) is 0. The highest BCUT2D eigenvalue weighted by Gasteiger charge is 2.31. The maximum absolute atomic E-state index is 12.2. The molecule has 9 heteroatoms. The van der Waals surface area contributed by atoms with E-state index in [-0.39, 0.29) is 22.6 Å². The molecule has 2 rings (SSSR count). The Balaban J connectivity index is 2.26. The molecule has 0 spiro atoms. The lowest BCUT2D eigenvalue weighted by Gasteiger charge is -2.18. The van der Waals surface area contributed by atoms with Gasteiger partial charge in [-0.25, -0.2) is 9.59 Å². The number of aromatic carboxylic acids is 1. The van der Waals surface area contributed by atoms with Crippen molar-refractivity contribution in [3.05, 3.63) is 59.7 Å². The lowest BCUT2D eigenvalue weighted by atomic mass is 10.1. The van der Waals surface area contributed by atoms with Crippen molar-refractivity contribution in [1.82, 2.24) is 0 Å². The number of hydrogen-bond donors (Lipinski definition) is 1. The number of carbonyl (C=O) groups excluding carboxylic acids is 1. The molecule has 0 fully saturated rings. The molecule has 0 bridgehead atoms. The van der Waals surface area contributed by atoms with E-state index >= 15 is 0 Å². The Kier molecular flexibility index (Phi) is 6.76. The summed E-state index contributed by atoms with van der Waals surface area (Å²) < 4.78 is 51.1. The molecule has 0 heterocycles. The van der Waals surface area contributed by atoms with Gasteiger partial charge in [-0.05, 0) is 62.7 Å². The minimum absolute atomic E-state index is 0.0571. The van der Waals surface area contributed by atoms with Crippen LogP contribution in [0.2, 0.25) is 0 Å². The van der Waals surface area contributed by atoms with E-state index in [1.54, 1.807) is 20.8 Å². The fourth-order valence-corrected chi connectivity index (χ4v) is 2.33. The number of carboxylic acids is 1. The molecule has 0 amide bonds. The van der Waals surface area contributed by atoms with Gasteiger partial charge in [-0.15, -0.1) is 13.2 Å². The highest BCUT2D eigenvalue weighted by molar-refractivity contribution is 5.97. The molecule has 0 saturated carbocycles. The summed E-state index contributed by atoms with van der Waals surface area (Å²) in [5.41, 5.74) is -0.750. The van der Waals surface area contributed by atoms with E-state index in [2.05, 4.69) is 4.74 Å². The molecule has 6 nitrogen and oxygen atoms in total. The third-order valence-electron chi connectivity index (χ3n) is 3.36. The van der Waals surface area contributed by atoms with Crippen molar-refractivity contribution in [3.8, 4) is 17.2 Å². The van der Waals surface area contributed by atoms with Crippen LogP contribution >= 0.6 is 0 Å². The minimum Gasteiger partial charge on any atom is -0.478 e. The van der Waals surface area contributed by atoms with Crippen LogP contribution in [-0.4, -0.2) is 29.0 Å². The third kappa shape index (κ3) is 7.16. The van der Waals surface area contributed by atoms with Gasteiger partial charge in [0.25, 0.3) is 0 Å². The van der Waals surface area contributed by atoms with E-state index in [0.29, 0.717) is 0 Å². The number of hydrogen-bond acceptors (Lipinski definition) is 5. The molecular weight excluding hydrogens is 405 g/mol. The van der Waals surface area contributed by atoms with Crippen LogP contribution in [0, 0.1) is 0 Å². The Bertz CT molecular complexity index is 941. The Morgan fingerprint density at radius 2 is 1.57 bits per heavy atom. The average Bonchev–Trinajstić information content (AvgIpc) is 2.59. The number of rotatable bonds is 6. The number of benzene rings is 2. The van der Waals surface area contributed by atoms with Crippen molar-refractivity contribution in [2.45, 2.75) is 32.7 Å². The first-order valence-electron chi connectivity index (χ1n) is 8.65. The molecule has 0 aliphatic heterocycles. The van der Waals surface area contributed by atoms with E-state index in [1.165, 1.54) is 36.4 Å². The zero-order chi connectivity index (χ0) is 22.5. The smallest absolute Gasteiger partial charge is 0.478 e. The molecule has 2 aromatic carbocycles. The molecule has 0 saturated heterocycles. The average molecular weight is 424 g/mol. The standard InChI is InChI=1S/C21H19F3O6/c1-20(2,3)30-17(25)12-7-13-5-4-6-16(18(13)19(26)27)28-14-8-10-15(11-9-14)29-21(22,23)24/h4-12H,1-3H3,(H,26,27). The number of carboxylic acid groups (broad SMARTS) is 1. The topological polar surface area (TPSA) is 82.1 Å². The van der Waals surface area contributed by atoms with Crippen LogP contribution in [0.1, 0.15) is 36.7 Å². The molecule has 0 radical (unpaired) electrons. The Labute approximate surface area is 170 Å². The van der Waals surface area contributed by atoms with Gasteiger partial charge >= 0.3 is 18.3 Å². The summed E-state index contributed by atoms with van der Waals surface area (Å²) in [6.45, 7) is 5.09. The Hall–Kier alpha value is -3.49. The molecule has 0 unspecified atom stereocenters. The SMILES string of the molecule is CC(C)(C)OC(=O)C=Cc1cccc(Oc2ccc(OC(F)(F)F)cc2)c1C(=O)O. The van der Waals surface area contributed by atoms with Gasteiger partial charge in [-0.2, -0.15) is 0 Å². The van der Waals surface area contributed by atoms with Crippen molar-refractivity contribution in [2.75, 3.05) is 0 Å². The Morgan fingerprint density at radius 3 is 2.10 bits per heavy atom. The van der Waals surface area contributed by atoms with E-state index in [0.717, 1.165) is 18.2 Å². The van der Waals surface area contributed by atoms with Gasteiger partial charge < -0.3 is 19.3 Å². The predicted octanol–water partition coefficient (Wildman–Crippen LogP) is 5.43. The molecule has 0 aliphatic carbocycles. The number of ether oxygens (including phenoxy) is 3. The van der Waals surface area contributed by atoms with Crippen molar-refractivity contribution in [1.29, 1.82) is 0 Å². The first kappa shape index (κ1) is 22.8. The van der Waals surface area contributed by atoms with E-state index in [4.69, 9.17) is 9.47 Å². The third-order valence-corrected chi connectivity index (χ3v) is 3.36. The van der Waals surface area contributed by atoms with Crippen molar-refractivity contribution >= 4 is 18.0 Å². The van der Waals surface area contributed by atoms with Gasteiger partial charge in [0.15, 0.2) is 0 Å². The van der Waals surface area contributed by atoms with Crippen LogP contribution < -0.4 is 9.47 Å². The van der Waals surface area contributed by atoms with Gasteiger partial charge in [0, 0.05) is 6.08 Å². The molecule has 0 aliphatic rings. The lowest BCUT2D eigenvalue weighted by molar-refractivity contribution is -0.274. The van der Waals surface area contributed by atoms with Gasteiger partial charge in [0.1, 0.15) is 28.4 Å². The van der Waals surface area contributed by atoms with Crippen molar-refractivity contribution in [3.63, 3.8) is 0 Å². The van der Waals surface area contributed by atoms with Gasteiger partial charge in [-0.1, -0.05) is 12.1 Å². The molecule has 0 atom stereocenters. The predicted molar refractivity (Wildman–Crippen MR) is 101 cm³/mol. The summed E-state index contributed by atoms with van der Waals surface area (Å²) in [6, 6.07) is 8.85. The van der Waals surface area contributed by atoms with Gasteiger partial charge in [-0.3, -0.25) is 0 Å². The van der Waals surface area contributed by atoms with E-state index in [1.807, 2.05) is 0 Å². The Morgan fingerprint density at radius 1 is 0.967 bits per heavy atom. The number of esters is 1. The van der Waals surface area contributed by atoms with Crippen molar-refractivity contribution < 1.29 is 42.1 Å². The second-order valence-electron chi connectivity index (χ2n) is 7.01. The quantitative estimate of drug-likeness (QED) is 0.492. The zero-order valence-corrected chi connectivity index (χ0v) is 16.3. The van der Waals surface area contributed by atoms with Crippen LogP contribution in [-0.2, 0) is 9.53 Å². The summed E-state index contributed by atoms with van der Waals surface area (Å²) in [4.78, 5) is 23.6. The molecule has 30 heavy (non-hydrogen) atoms. The normalized spacial score (nSPS) is 11.9. The summed E-state index contributed by atoms with van der Waals surface area (Å²) in [5, 5.41) is 9.57. The second-order valence-corrected chi connectivity index (χ2v) is 7.01. The van der Waals surface area contributed by atoms with Crippen LogP contribution in [0.5, 0.6) is 17.2 Å². The highest BCUT2D eigenvalue weighted by atomic mass is 19.4. The minimum atomic E-state index is -4.83. The monoisotopic (exact) mass is 424 g/mol. The molecule has 1 N–H and O–H groups in total. The fraction of sp³-hybridized carbons (Fsp3) is 0.238. The van der Waals surface area contributed by atoms with E-state index < -0.39 is 29.7 Å². The van der Waals surface area contributed by atoms with Gasteiger partial charge in [0.05, 0.1) is 0 Å². The summed E-state index contributed by atoms with van der Waals surface area (Å²) in [6.07, 6.45) is -2.45. The first-order chi connectivity index (χ1) is 13.8. The summed E-state index contributed by atoms with van der Waals surface area (Å²) >= 11 is 0. The molecule has 160 valence electrons. The van der Waals surface area contributed by atoms with Crippen LogP contribution in [0.25, 0.3) is 6.08 Å². The molecular formula is C21H19F3O6. The fourth-order valence-electron chi connectivity index (χ4n) is 2.33. The number of alkyl halides is 3. The molecule has 2 aromatic rings.